The predicted octanol–water partition coefficient (Wildman–Crippen LogP) is 4.39. The Labute approximate surface area is 116 Å². The largest absolute Gasteiger partial charge is 0.452 e. The average Bonchev–Trinajstić information content (AvgIpc) is 2.74. The van der Waals surface area contributed by atoms with Gasteiger partial charge in [0.15, 0.2) is 4.67 Å². The maximum atomic E-state index is 6.31. The van der Waals surface area contributed by atoms with Crippen LogP contribution in [-0.2, 0) is 5.41 Å². The Balaban J connectivity index is 2.45. The standard InChI is InChI=1S/C15H18BrNO/c1-15(2,3)11-7-5-4-6-10(11)14(17)12-8-9-13(16)18-12/h4-9,14H,17H2,1-3H3. The summed E-state index contributed by atoms with van der Waals surface area (Å²) in [7, 11) is 0. The molecule has 1 aromatic heterocycles. The molecule has 0 aliphatic carbocycles. The Morgan fingerprint density at radius 3 is 2.33 bits per heavy atom. The summed E-state index contributed by atoms with van der Waals surface area (Å²) in [6.07, 6.45) is 0. The van der Waals surface area contributed by atoms with Crippen molar-refractivity contribution in [2.45, 2.75) is 32.2 Å². The van der Waals surface area contributed by atoms with Gasteiger partial charge < -0.3 is 10.2 Å². The molecule has 0 bridgehead atoms. The number of hydrogen-bond donors (Lipinski definition) is 1. The van der Waals surface area contributed by atoms with Gasteiger partial charge in [-0.2, -0.15) is 0 Å². The van der Waals surface area contributed by atoms with Crippen LogP contribution in [0.4, 0.5) is 0 Å². The van der Waals surface area contributed by atoms with Crippen molar-refractivity contribution in [3.05, 3.63) is 58.0 Å². The Morgan fingerprint density at radius 1 is 1.11 bits per heavy atom. The maximum Gasteiger partial charge on any atom is 0.169 e. The van der Waals surface area contributed by atoms with E-state index in [1.165, 1.54) is 5.56 Å². The molecule has 2 nitrogen and oxygen atoms in total. The number of furan rings is 1. The van der Waals surface area contributed by atoms with Gasteiger partial charge in [0.25, 0.3) is 0 Å². The van der Waals surface area contributed by atoms with Gasteiger partial charge in [-0.1, -0.05) is 45.0 Å². The van der Waals surface area contributed by atoms with Gasteiger partial charge in [-0.15, -0.1) is 0 Å². The van der Waals surface area contributed by atoms with Crippen molar-refractivity contribution in [1.82, 2.24) is 0 Å². The second-order valence-corrected chi connectivity index (χ2v) is 6.24. The van der Waals surface area contributed by atoms with Crippen molar-refractivity contribution in [2.75, 3.05) is 0 Å². The molecule has 1 heterocycles. The van der Waals surface area contributed by atoms with Crippen molar-refractivity contribution in [2.24, 2.45) is 5.73 Å². The Morgan fingerprint density at radius 2 is 1.78 bits per heavy atom. The summed E-state index contributed by atoms with van der Waals surface area (Å²) in [5.74, 6) is 0.776. The Bertz CT molecular complexity index is 539. The molecule has 0 saturated heterocycles. The van der Waals surface area contributed by atoms with E-state index in [0.29, 0.717) is 4.67 Å². The molecular formula is C15H18BrNO. The van der Waals surface area contributed by atoms with Gasteiger partial charge >= 0.3 is 0 Å². The second-order valence-electron chi connectivity index (χ2n) is 5.46. The van der Waals surface area contributed by atoms with Crippen LogP contribution >= 0.6 is 15.9 Å². The minimum absolute atomic E-state index is 0.0675. The molecule has 0 fully saturated rings. The summed E-state index contributed by atoms with van der Waals surface area (Å²) in [6, 6.07) is 11.8. The third kappa shape index (κ3) is 2.68. The van der Waals surface area contributed by atoms with Crippen LogP contribution in [0.25, 0.3) is 0 Å². The molecule has 0 aliphatic heterocycles. The van der Waals surface area contributed by atoms with Crippen LogP contribution in [0.1, 0.15) is 43.7 Å². The Kier molecular flexibility index (Phi) is 3.64. The fraction of sp³-hybridized carbons (Fsp3) is 0.333. The van der Waals surface area contributed by atoms with Gasteiger partial charge in [0.2, 0.25) is 0 Å². The first kappa shape index (κ1) is 13.4. The molecule has 1 unspecified atom stereocenters. The highest BCUT2D eigenvalue weighted by Crippen LogP contribution is 2.32. The van der Waals surface area contributed by atoms with E-state index in [9.17, 15) is 0 Å². The van der Waals surface area contributed by atoms with Gasteiger partial charge in [0.05, 0.1) is 6.04 Å². The van der Waals surface area contributed by atoms with Crippen LogP contribution in [0, 0.1) is 0 Å². The molecule has 1 aromatic carbocycles. The van der Waals surface area contributed by atoms with Crippen molar-refractivity contribution in [3.63, 3.8) is 0 Å². The number of rotatable bonds is 2. The minimum atomic E-state index is -0.230. The molecule has 1 atom stereocenters. The molecule has 96 valence electrons. The molecular weight excluding hydrogens is 290 g/mol. The van der Waals surface area contributed by atoms with E-state index in [0.717, 1.165) is 11.3 Å². The lowest BCUT2D eigenvalue weighted by atomic mass is 9.81. The maximum absolute atomic E-state index is 6.31. The predicted molar refractivity (Wildman–Crippen MR) is 77.6 cm³/mol. The van der Waals surface area contributed by atoms with E-state index in [1.54, 1.807) is 0 Å². The fourth-order valence-electron chi connectivity index (χ4n) is 2.10. The summed E-state index contributed by atoms with van der Waals surface area (Å²) in [5, 5.41) is 0. The van der Waals surface area contributed by atoms with Crippen LogP contribution < -0.4 is 5.73 Å². The number of nitrogens with two attached hydrogens (primary N) is 1. The topological polar surface area (TPSA) is 39.2 Å². The molecule has 3 heteroatoms. The van der Waals surface area contributed by atoms with Gasteiger partial charge in [-0.25, -0.2) is 0 Å². The van der Waals surface area contributed by atoms with Gasteiger partial charge in [0, 0.05) is 0 Å². The SMILES string of the molecule is CC(C)(C)c1ccccc1C(N)c1ccc(Br)o1. The third-order valence-electron chi connectivity index (χ3n) is 3.00. The molecule has 2 N–H and O–H groups in total. The molecule has 0 amide bonds. The summed E-state index contributed by atoms with van der Waals surface area (Å²) in [6.45, 7) is 6.57. The molecule has 18 heavy (non-hydrogen) atoms. The highest BCUT2D eigenvalue weighted by Gasteiger charge is 2.22. The van der Waals surface area contributed by atoms with E-state index in [1.807, 2.05) is 18.2 Å². The lowest BCUT2D eigenvalue weighted by Gasteiger charge is -2.25. The highest BCUT2D eigenvalue weighted by molar-refractivity contribution is 9.10. The van der Waals surface area contributed by atoms with Crippen molar-refractivity contribution >= 4 is 15.9 Å². The molecule has 0 radical (unpaired) electrons. The fourth-order valence-corrected chi connectivity index (χ4v) is 2.42. The molecule has 2 aromatic rings. The van der Waals surface area contributed by atoms with Crippen LogP contribution in [0.5, 0.6) is 0 Å². The quantitative estimate of drug-likeness (QED) is 0.894. The third-order valence-corrected chi connectivity index (χ3v) is 3.43. The molecule has 0 spiro atoms. The zero-order valence-corrected chi connectivity index (χ0v) is 12.5. The Hall–Kier alpha value is -1.06. The van der Waals surface area contributed by atoms with Crippen LogP contribution in [0.15, 0.2) is 45.5 Å². The first-order valence-electron chi connectivity index (χ1n) is 6.00. The average molecular weight is 308 g/mol. The van der Waals surface area contributed by atoms with Gasteiger partial charge in [-0.05, 0) is 44.6 Å². The number of halogens is 1. The van der Waals surface area contributed by atoms with E-state index in [2.05, 4.69) is 54.9 Å². The van der Waals surface area contributed by atoms with Gasteiger partial charge in [-0.3, -0.25) is 0 Å². The van der Waals surface area contributed by atoms with Gasteiger partial charge in [0.1, 0.15) is 5.76 Å². The number of hydrogen-bond acceptors (Lipinski definition) is 2. The highest BCUT2D eigenvalue weighted by atomic mass is 79.9. The summed E-state index contributed by atoms with van der Waals surface area (Å²) in [5.41, 5.74) is 8.75. The van der Waals surface area contributed by atoms with Crippen molar-refractivity contribution < 1.29 is 4.42 Å². The zero-order chi connectivity index (χ0) is 13.3. The normalized spacial score (nSPS) is 13.6. The monoisotopic (exact) mass is 307 g/mol. The molecule has 2 rings (SSSR count). The molecule has 0 aliphatic rings. The zero-order valence-electron chi connectivity index (χ0n) is 10.9. The van der Waals surface area contributed by atoms with E-state index in [4.69, 9.17) is 10.2 Å². The lowest BCUT2D eigenvalue weighted by Crippen LogP contribution is -2.20. The van der Waals surface area contributed by atoms with E-state index < -0.39 is 0 Å². The minimum Gasteiger partial charge on any atom is -0.452 e. The van der Waals surface area contributed by atoms with Crippen LogP contribution in [0.3, 0.4) is 0 Å². The van der Waals surface area contributed by atoms with Crippen molar-refractivity contribution in [3.8, 4) is 0 Å². The lowest BCUT2D eigenvalue weighted by molar-refractivity contribution is 0.466. The molecule has 0 saturated carbocycles. The van der Waals surface area contributed by atoms with E-state index >= 15 is 0 Å². The van der Waals surface area contributed by atoms with E-state index in [-0.39, 0.29) is 11.5 Å². The summed E-state index contributed by atoms with van der Waals surface area (Å²) >= 11 is 3.31. The summed E-state index contributed by atoms with van der Waals surface area (Å²) < 4.78 is 6.27. The number of benzene rings is 1. The first-order valence-corrected chi connectivity index (χ1v) is 6.79. The smallest absolute Gasteiger partial charge is 0.169 e. The second kappa shape index (κ2) is 4.90. The van der Waals surface area contributed by atoms with Crippen LogP contribution in [-0.4, -0.2) is 0 Å². The summed E-state index contributed by atoms with van der Waals surface area (Å²) in [4.78, 5) is 0. The van der Waals surface area contributed by atoms with Crippen molar-refractivity contribution in [1.29, 1.82) is 0 Å². The first-order chi connectivity index (χ1) is 8.39. The van der Waals surface area contributed by atoms with Crippen LogP contribution in [0.2, 0.25) is 0 Å².